The fraction of sp³-hybridized carbons (Fsp3) is 0.407. The molecule has 0 saturated carbocycles. The molecule has 6 rings (SSSR count). The molecular formula is C27H30N4O2S. The molecule has 1 saturated heterocycles. The monoisotopic (exact) mass is 474 g/mol. The first-order valence-electron chi connectivity index (χ1n) is 12.3. The van der Waals surface area contributed by atoms with Crippen LogP contribution in [0, 0.1) is 0 Å². The fourth-order valence-electron chi connectivity index (χ4n) is 5.27. The molecule has 2 aromatic carbocycles. The lowest BCUT2D eigenvalue weighted by Gasteiger charge is -2.28. The van der Waals surface area contributed by atoms with Crippen molar-refractivity contribution in [1.82, 2.24) is 19.8 Å². The van der Waals surface area contributed by atoms with E-state index in [0.29, 0.717) is 12.6 Å². The van der Waals surface area contributed by atoms with Gasteiger partial charge in [-0.1, -0.05) is 36.4 Å². The van der Waals surface area contributed by atoms with Crippen molar-refractivity contribution in [2.75, 3.05) is 39.4 Å². The maximum atomic E-state index is 13.5. The third-order valence-corrected chi connectivity index (χ3v) is 8.33. The van der Waals surface area contributed by atoms with Gasteiger partial charge < -0.3 is 10.1 Å². The summed E-state index contributed by atoms with van der Waals surface area (Å²) in [5.41, 5.74) is 2.45. The first kappa shape index (κ1) is 21.9. The molecule has 1 aliphatic carbocycles. The summed E-state index contributed by atoms with van der Waals surface area (Å²) in [7, 11) is 0. The summed E-state index contributed by atoms with van der Waals surface area (Å²) in [6, 6.07) is 15.2. The Morgan fingerprint density at radius 3 is 2.85 bits per heavy atom. The number of fused-ring (bicyclic) bond motifs is 4. The molecule has 3 heterocycles. The van der Waals surface area contributed by atoms with Gasteiger partial charge in [-0.25, -0.2) is 4.98 Å². The van der Waals surface area contributed by atoms with Gasteiger partial charge in [0.1, 0.15) is 4.83 Å². The van der Waals surface area contributed by atoms with E-state index in [-0.39, 0.29) is 5.56 Å². The van der Waals surface area contributed by atoms with Crippen LogP contribution < -0.4 is 10.9 Å². The summed E-state index contributed by atoms with van der Waals surface area (Å²) < 4.78 is 7.21. The zero-order chi connectivity index (χ0) is 22.9. The van der Waals surface area contributed by atoms with Crippen LogP contribution in [-0.4, -0.2) is 59.9 Å². The molecule has 0 radical (unpaired) electrons. The van der Waals surface area contributed by atoms with E-state index >= 15 is 0 Å². The number of ether oxygens (including phenoxy) is 1. The van der Waals surface area contributed by atoms with Crippen LogP contribution in [0.2, 0.25) is 0 Å². The predicted molar refractivity (Wildman–Crippen MR) is 138 cm³/mol. The Balaban J connectivity index is 1.18. The number of hydrogen-bond acceptors (Lipinski definition) is 6. The van der Waals surface area contributed by atoms with E-state index < -0.39 is 0 Å². The number of aryl methyl sites for hydroxylation is 1. The van der Waals surface area contributed by atoms with E-state index in [2.05, 4.69) is 40.5 Å². The van der Waals surface area contributed by atoms with E-state index in [1.807, 2.05) is 12.1 Å². The number of nitrogens with zero attached hydrogens (tertiary/aromatic N) is 3. The van der Waals surface area contributed by atoms with Gasteiger partial charge in [-0.05, 0) is 47.2 Å². The Labute approximate surface area is 203 Å². The number of nitrogens with one attached hydrogen (secondary N) is 1. The highest BCUT2D eigenvalue weighted by Gasteiger charge is 2.25. The second kappa shape index (κ2) is 9.58. The van der Waals surface area contributed by atoms with Gasteiger partial charge in [-0.3, -0.25) is 14.3 Å². The predicted octanol–water partition coefficient (Wildman–Crippen LogP) is 3.44. The molecule has 1 fully saturated rings. The van der Waals surface area contributed by atoms with Crippen molar-refractivity contribution < 1.29 is 4.74 Å². The van der Waals surface area contributed by atoms with Crippen molar-refractivity contribution in [1.29, 1.82) is 0 Å². The molecule has 6 nitrogen and oxygen atoms in total. The van der Waals surface area contributed by atoms with Crippen LogP contribution in [0.15, 0.2) is 53.6 Å². The lowest BCUT2D eigenvalue weighted by Crippen LogP contribution is -2.43. The largest absolute Gasteiger partial charge is 0.379 e. The Morgan fingerprint density at radius 1 is 1.12 bits per heavy atom. The first-order valence-corrected chi connectivity index (χ1v) is 13.1. The van der Waals surface area contributed by atoms with Gasteiger partial charge in [0.05, 0.1) is 31.5 Å². The van der Waals surface area contributed by atoms with E-state index in [1.165, 1.54) is 21.2 Å². The summed E-state index contributed by atoms with van der Waals surface area (Å²) in [6.07, 6.45) is 4.73. The van der Waals surface area contributed by atoms with Gasteiger partial charge in [0.25, 0.3) is 5.56 Å². The number of morpholine rings is 1. The molecule has 1 aliphatic heterocycles. The van der Waals surface area contributed by atoms with E-state index in [0.717, 1.165) is 74.4 Å². The topological polar surface area (TPSA) is 59.4 Å². The lowest BCUT2D eigenvalue weighted by atomic mass is 9.93. The quantitative estimate of drug-likeness (QED) is 0.464. The van der Waals surface area contributed by atoms with Gasteiger partial charge in [-0.2, -0.15) is 0 Å². The minimum Gasteiger partial charge on any atom is -0.379 e. The third kappa shape index (κ3) is 4.41. The second-order valence-corrected chi connectivity index (χ2v) is 10.5. The zero-order valence-electron chi connectivity index (χ0n) is 19.3. The average molecular weight is 475 g/mol. The van der Waals surface area contributed by atoms with Gasteiger partial charge in [-0.15, -0.1) is 11.3 Å². The number of hydrogen-bond donors (Lipinski definition) is 1. The summed E-state index contributed by atoms with van der Waals surface area (Å²) in [6.45, 7) is 6.37. The molecule has 0 bridgehead atoms. The Hall–Kier alpha value is -2.58. The summed E-state index contributed by atoms with van der Waals surface area (Å²) in [5, 5.41) is 7.00. The molecule has 1 unspecified atom stereocenters. The minimum atomic E-state index is 0.0920. The maximum absolute atomic E-state index is 13.5. The van der Waals surface area contributed by atoms with Crippen LogP contribution >= 0.6 is 11.3 Å². The van der Waals surface area contributed by atoms with Crippen LogP contribution in [0.25, 0.3) is 21.0 Å². The molecule has 2 aliphatic rings. The molecule has 176 valence electrons. The first-order chi connectivity index (χ1) is 16.7. The van der Waals surface area contributed by atoms with Crippen LogP contribution in [0.1, 0.15) is 22.4 Å². The summed E-state index contributed by atoms with van der Waals surface area (Å²) in [5.74, 6) is 0. The molecule has 1 N–H and O–H groups in total. The standard InChI is InChI=1S/C27H30N4O2S/c32-27-25-23-8-7-22(28-9-10-30-11-13-33-14-12-30)16-24(23)34-26(25)29-18-31(27)17-19-5-6-20-3-1-2-4-21(20)15-19/h1-6,15,18,22,28H,7-14,16-17H2. The molecule has 0 amide bonds. The van der Waals surface area contributed by atoms with Gasteiger partial charge >= 0.3 is 0 Å². The number of thiophene rings is 1. The third-order valence-electron chi connectivity index (χ3n) is 7.17. The van der Waals surface area contributed by atoms with E-state index in [4.69, 9.17) is 9.72 Å². The highest BCUT2D eigenvalue weighted by atomic mass is 32.1. The van der Waals surface area contributed by atoms with Crippen LogP contribution in [0.5, 0.6) is 0 Å². The van der Waals surface area contributed by atoms with Crippen molar-refractivity contribution in [3.8, 4) is 0 Å². The van der Waals surface area contributed by atoms with E-state index in [9.17, 15) is 4.79 Å². The molecule has 7 heteroatoms. The van der Waals surface area contributed by atoms with Crippen molar-refractivity contribution in [3.63, 3.8) is 0 Å². The van der Waals surface area contributed by atoms with Crippen molar-refractivity contribution in [2.45, 2.75) is 31.8 Å². The van der Waals surface area contributed by atoms with Gasteiger partial charge in [0, 0.05) is 37.1 Å². The summed E-state index contributed by atoms with van der Waals surface area (Å²) >= 11 is 1.70. The molecular weight excluding hydrogens is 444 g/mol. The number of aromatic nitrogens is 2. The molecule has 1 atom stereocenters. The highest BCUT2D eigenvalue weighted by molar-refractivity contribution is 7.18. The van der Waals surface area contributed by atoms with Crippen molar-refractivity contribution in [3.05, 3.63) is 75.1 Å². The number of benzene rings is 2. The van der Waals surface area contributed by atoms with Gasteiger partial charge in [0.15, 0.2) is 0 Å². The second-order valence-electron chi connectivity index (χ2n) is 9.39. The molecule has 2 aromatic heterocycles. The SMILES string of the molecule is O=c1c2c3c(sc2ncn1Cc1ccc2ccccc2c1)CC(NCCN1CCOCC1)CC3. The maximum Gasteiger partial charge on any atom is 0.262 e. The van der Waals surface area contributed by atoms with Crippen molar-refractivity contribution in [2.24, 2.45) is 0 Å². The fourth-order valence-corrected chi connectivity index (χ4v) is 6.53. The number of rotatable bonds is 6. The highest BCUT2D eigenvalue weighted by Crippen LogP contribution is 2.33. The van der Waals surface area contributed by atoms with Crippen LogP contribution in [0.3, 0.4) is 0 Å². The normalized spacial score (nSPS) is 19.0. The zero-order valence-corrected chi connectivity index (χ0v) is 20.2. The minimum absolute atomic E-state index is 0.0920. The summed E-state index contributed by atoms with van der Waals surface area (Å²) in [4.78, 5) is 22.8. The smallest absolute Gasteiger partial charge is 0.262 e. The van der Waals surface area contributed by atoms with E-state index in [1.54, 1.807) is 22.2 Å². The molecule has 34 heavy (non-hydrogen) atoms. The average Bonchev–Trinajstić information content (AvgIpc) is 3.25. The molecule has 4 aromatic rings. The van der Waals surface area contributed by atoms with Crippen LogP contribution in [-0.2, 0) is 24.1 Å². The lowest BCUT2D eigenvalue weighted by molar-refractivity contribution is 0.0381. The molecule has 0 spiro atoms. The van der Waals surface area contributed by atoms with Gasteiger partial charge in [0.2, 0.25) is 0 Å². The van der Waals surface area contributed by atoms with Crippen LogP contribution in [0.4, 0.5) is 0 Å². The van der Waals surface area contributed by atoms with Crippen molar-refractivity contribution >= 4 is 32.3 Å². The Bertz CT molecular complexity index is 1370. The Kier molecular flexibility index (Phi) is 6.18. The Morgan fingerprint density at radius 2 is 1.97 bits per heavy atom.